The van der Waals surface area contributed by atoms with Crippen LogP contribution in [0.3, 0.4) is 0 Å². The van der Waals surface area contributed by atoms with Crippen molar-refractivity contribution in [1.29, 1.82) is 0 Å². The molecule has 1 nitrogen and oxygen atoms in total. The van der Waals surface area contributed by atoms with Crippen molar-refractivity contribution in [2.75, 3.05) is 12.5 Å². The summed E-state index contributed by atoms with van der Waals surface area (Å²) < 4.78 is 0.619. The summed E-state index contributed by atoms with van der Waals surface area (Å²) in [6.07, 6.45) is 4.23. The second-order valence-corrected chi connectivity index (χ2v) is 7.22. The summed E-state index contributed by atoms with van der Waals surface area (Å²) >= 11 is 5.03. The quantitative estimate of drug-likeness (QED) is 0.579. The van der Waals surface area contributed by atoms with Gasteiger partial charge in [0.15, 0.2) is 0 Å². The molecule has 0 aromatic heterocycles. The summed E-state index contributed by atoms with van der Waals surface area (Å²) in [7, 11) is -1.07. The Morgan fingerprint density at radius 1 is 1.23 bits per heavy atom. The van der Waals surface area contributed by atoms with Crippen molar-refractivity contribution in [2.45, 2.75) is 4.90 Å². The molecule has 0 aliphatic heterocycles. The number of rotatable bonds is 1. The summed E-state index contributed by atoms with van der Waals surface area (Å²) in [5.74, 6) is 0. The van der Waals surface area contributed by atoms with E-state index in [1.807, 2.05) is 18.2 Å². The van der Waals surface area contributed by atoms with E-state index in [1.54, 1.807) is 0 Å². The van der Waals surface area contributed by atoms with Gasteiger partial charge in [-0.3, -0.25) is 0 Å². The zero-order chi connectivity index (χ0) is 9.19. The largest absolute Gasteiger partial charge is 0.386 e. The van der Waals surface area contributed by atoms with Gasteiger partial charge in [-0.15, -0.1) is 0 Å². The maximum atomic E-state index is 5.67. The third kappa shape index (κ3) is 3.22. The summed E-state index contributed by atoms with van der Waals surface area (Å²) in [6, 6.07) is 10.2. The van der Waals surface area contributed by atoms with Crippen molar-refractivity contribution in [1.82, 2.24) is 0 Å². The van der Waals surface area contributed by atoms with Gasteiger partial charge in [0, 0.05) is 27.7 Å². The number of hydrogen-bond acceptors (Lipinski definition) is 1. The zero-order valence-electron chi connectivity index (χ0n) is 7.99. The van der Waals surface area contributed by atoms with E-state index in [4.69, 9.17) is 18.0 Å². The first kappa shape index (κ1) is 13.4. The summed E-state index contributed by atoms with van der Waals surface area (Å²) in [6.45, 7) is 0. The molecule has 1 aromatic rings. The molecule has 0 fully saturated rings. The van der Waals surface area contributed by atoms with E-state index in [1.165, 1.54) is 4.90 Å². The van der Waals surface area contributed by atoms with Crippen molar-refractivity contribution in [2.24, 2.45) is 5.73 Å². The molecule has 68 valence electrons. The molecule has 1 rings (SSSR count). The number of thiocarbonyl (C=S) groups is 1. The fourth-order valence-electron chi connectivity index (χ4n) is 0.877. The second-order valence-electron chi connectivity index (χ2n) is 2.96. The van der Waals surface area contributed by atoms with Gasteiger partial charge in [0.1, 0.15) is 4.32 Å². The molecule has 0 radical (unpaired) electrons. The molecule has 0 saturated heterocycles. The standard InChI is InChI=1S/C9H13NS2.Hg/c1-12(2,9(10)11)8-6-4-3-5-7-8;/h3-7H,1-2H3,(H2,10,11);. The van der Waals surface area contributed by atoms with Crippen LogP contribution in [0.2, 0.25) is 0 Å². The summed E-state index contributed by atoms with van der Waals surface area (Å²) in [5, 5.41) is 0. The predicted molar refractivity (Wildman–Crippen MR) is 60.9 cm³/mol. The van der Waals surface area contributed by atoms with Crippen molar-refractivity contribution in [3.8, 4) is 0 Å². The molecule has 2 N–H and O–H groups in total. The first-order chi connectivity index (χ1) is 5.55. The van der Waals surface area contributed by atoms with Crippen LogP contribution < -0.4 is 5.73 Å². The van der Waals surface area contributed by atoms with Gasteiger partial charge in [0.2, 0.25) is 0 Å². The fraction of sp³-hybridized carbons (Fsp3) is 0.222. The smallest absolute Gasteiger partial charge is 0.117 e. The topological polar surface area (TPSA) is 26.0 Å². The van der Waals surface area contributed by atoms with Gasteiger partial charge in [-0.2, -0.15) is 10.0 Å². The molecule has 0 spiro atoms. The van der Waals surface area contributed by atoms with E-state index in [0.29, 0.717) is 4.32 Å². The van der Waals surface area contributed by atoms with E-state index in [9.17, 15) is 0 Å². The minimum atomic E-state index is -1.07. The molecule has 1 aromatic carbocycles. The number of hydrogen-bond donors (Lipinski definition) is 1. The average Bonchev–Trinajstić information content (AvgIpc) is 2.06. The van der Waals surface area contributed by atoms with E-state index >= 15 is 0 Å². The third-order valence-electron chi connectivity index (χ3n) is 1.84. The Balaban J connectivity index is 0.00000144. The maximum absolute atomic E-state index is 5.67. The van der Waals surface area contributed by atoms with E-state index in [0.717, 1.165) is 0 Å². The van der Waals surface area contributed by atoms with Crippen LogP contribution in [0.4, 0.5) is 0 Å². The Labute approximate surface area is 107 Å². The average molecular weight is 400 g/mol. The van der Waals surface area contributed by atoms with Gasteiger partial charge >= 0.3 is 0 Å². The molecule has 4 heteroatoms. The Bertz CT molecular complexity index is 285. The van der Waals surface area contributed by atoms with Crippen molar-refractivity contribution < 1.29 is 27.7 Å². The van der Waals surface area contributed by atoms with Crippen LogP contribution in [0.15, 0.2) is 35.2 Å². The molecule has 0 unspecified atom stereocenters. The van der Waals surface area contributed by atoms with Gasteiger partial charge < -0.3 is 5.73 Å². The minimum absolute atomic E-state index is 0. The first-order valence-corrected chi connectivity index (χ1v) is 6.49. The van der Waals surface area contributed by atoms with Gasteiger partial charge in [0.25, 0.3) is 0 Å². The van der Waals surface area contributed by atoms with E-state index < -0.39 is 10.0 Å². The number of nitrogens with two attached hydrogens (primary N) is 1. The second kappa shape index (κ2) is 5.32. The van der Waals surface area contributed by atoms with Gasteiger partial charge in [0.05, 0.1) is 0 Å². The Hall–Kier alpha value is 0.395. The van der Waals surface area contributed by atoms with E-state index in [2.05, 4.69) is 24.6 Å². The Morgan fingerprint density at radius 2 is 1.69 bits per heavy atom. The Kier molecular flexibility index (Phi) is 5.48. The molecule has 0 aliphatic rings. The minimum Gasteiger partial charge on any atom is -0.386 e. The Morgan fingerprint density at radius 3 is 2.08 bits per heavy atom. The molecule has 0 aliphatic carbocycles. The van der Waals surface area contributed by atoms with Gasteiger partial charge in [-0.25, -0.2) is 0 Å². The number of benzene rings is 1. The molecule has 0 amide bonds. The van der Waals surface area contributed by atoms with Crippen molar-refractivity contribution >= 4 is 26.6 Å². The predicted octanol–water partition coefficient (Wildman–Crippen LogP) is 2.35. The van der Waals surface area contributed by atoms with Crippen LogP contribution in [0.25, 0.3) is 0 Å². The van der Waals surface area contributed by atoms with Gasteiger partial charge in [-0.1, -0.05) is 30.4 Å². The van der Waals surface area contributed by atoms with Crippen molar-refractivity contribution in [3.63, 3.8) is 0 Å². The van der Waals surface area contributed by atoms with Crippen molar-refractivity contribution in [3.05, 3.63) is 30.3 Å². The van der Waals surface area contributed by atoms with Crippen LogP contribution >= 0.6 is 22.2 Å². The molecule has 0 heterocycles. The molecule has 0 atom stereocenters. The molecule has 0 saturated carbocycles. The molecule has 13 heavy (non-hydrogen) atoms. The van der Waals surface area contributed by atoms with Crippen LogP contribution in [-0.2, 0) is 27.7 Å². The summed E-state index contributed by atoms with van der Waals surface area (Å²) in [5.41, 5.74) is 5.67. The molecular weight excluding hydrogens is 387 g/mol. The van der Waals surface area contributed by atoms with E-state index in [-0.39, 0.29) is 27.7 Å². The summed E-state index contributed by atoms with van der Waals surface area (Å²) in [4.78, 5) is 1.25. The maximum Gasteiger partial charge on any atom is 0.117 e. The van der Waals surface area contributed by atoms with Gasteiger partial charge in [-0.05, 0) is 29.5 Å². The van der Waals surface area contributed by atoms with Crippen LogP contribution in [0.5, 0.6) is 0 Å². The van der Waals surface area contributed by atoms with Crippen LogP contribution in [0, 0.1) is 0 Å². The van der Waals surface area contributed by atoms with Crippen LogP contribution in [-0.4, -0.2) is 16.8 Å². The van der Waals surface area contributed by atoms with Crippen LogP contribution in [0.1, 0.15) is 0 Å². The zero-order valence-corrected chi connectivity index (χ0v) is 15.1. The fourth-order valence-corrected chi connectivity index (χ4v) is 2.24. The monoisotopic (exact) mass is 401 g/mol. The third-order valence-corrected chi connectivity index (χ3v) is 5.54. The molecule has 0 bridgehead atoms. The molecular formula is C9H13HgNS2. The first-order valence-electron chi connectivity index (χ1n) is 3.63. The normalized spacial score (nSPS) is 11.5. The SMILES string of the molecule is CS(C)(C(N)=S)c1ccccc1.[Hg].